The molecule has 3 N–H and O–H groups in total. The van der Waals surface area contributed by atoms with E-state index in [0.29, 0.717) is 0 Å². The summed E-state index contributed by atoms with van der Waals surface area (Å²) in [5.41, 5.74) is -1.44. The molecule has 0 aromatic rings. The van der Waals surface area contributed by atoms with Gasteiger partial charge in [-0.2, -0.15) is 0 Å². The zero-order chi connectivity index (χ0) is 9.94. The van der Waals surface area contributed by atoms with Crippen molar-refractivity contribution in [2.24, 2.45) is 0 Å². The van der Waals surface area contributed by atoms with E-state index in [0.717, 1.165) is 14.0 Å². The largest absolute Gasteiger partial charge is 0.467 e. The molecule has 12 heavy (non-hydrogen) atoms. The molecule has 7 heteroatoms. The predicted molar refractivity (Wildman–Crippen MR) is 39.5 cm³/mol. The maximum Gasteiger partial charge on any atom is 0.335 e. The summed E-state index contributed by atoms with van der Waals surface area (Å²) in [5.74, 6) is -1.05. The molecule has 0 aromatic heterocycles. The monoisotopic (exact) mass is 198 g/mol. The van der Waals surface area contributed by atoms with Crippen LogP contribution >= 0.6 is 7.60 Å². The van der Waals surface area contributed by atoms with Crippen molar-refractivity contribution in [2.75, 3.05) is 7.11 Å². The number of carbonyl (C=O) groups is 1. The Morgan fingerprint density at radius 1 is 1.50 bits per heavy atom. The molecule has 0 bridgehead atoms. The molecule has 0 aliphatic carbocycles. The van der Waals surface area contributed by atoms with Crippen molar-refractivity contribution in [2.45, 2.75) is 18.7 Å². The number of rotatable bonds is 3. The Bertz CT molecular complexity index is 208. The topological polar surface area (TPSA) is 104 Å². The van der Waals surface area contributed by atoms with Crippen molar-refractivity contribution >= 4 is 13.6 Å². The zero-order valence-electron chi connectivity index (χ0n) is 6.67. The number of methoxy groups -OCH3 is 1. The Kier molecular flexibility index (Phi) is 3.86. The van der Waals surface area contributed by atoms with Crippen LogP contribution in [0.2, 0.25) is 0 Å². The van der Waals surface area contributed by atoms with Gasteiger partial charge in [-0.05, 0) is 6.92 Å². The van der Waals surface area contributed by atoms with Crippen LogP contribution in [0.15, 0.2) is 0 Å². The number of hydrogen-bond donors (Lipinski definition) is 3. The van der Waals surface area contributed by atoms with Crippen LogP contribution in [0.25, 0.3) is 0 Å². The standard InChI is InChI=1S/C5H11O6P/c1-3(12(8,9)10)4(6)5(7)11-2/h3-4,6H,1-2H3,(H2,8,9,10). The highest BCUT2D eigenvalue weighted by Gasteiger charge is 2.35. The Morgan fingerprint density at radius 3 is 2.17 bits per heavy atom. The van der Waals surface area contributed by atoms with E-state index in [1.165, 1.54) is 0 Å². The van der Waals surface area contributed by atoms with E-state index in [1.54, 1.807) is 0 Å². The lowest BCUT2D eigenvalue weighted by Gasteiger charge is -2.17. The molecule has 2 unspecified atom stereocenters. The van der Waals surface area contributed by atoms with Gasteiger partial charge in [0.2, 0.25) is 0 Å². The molecule has 0 fully saturated rings. The van der Waals surface area contributed by atoms with Crippen molar-refractivity contribution in [1.82, 2.24) is 0 Å². The van der Waals surface area contributed by atoms with Crippen molar-refractivity contribution in [3.8, 4) is 0 Å². The average molecular weight is 198 g/mol. The van der Waals surface area contributed by atoms with Gasteiger partial charge in [-0.3, -0.25) is 4.57 Å². The fourth-order valence-corrected chi connectivity index (χ4v) is 0.991. The van der Waals surface area contributed by atoms with Crippen LogP contribution in [-0.4, -0.2) is 39.7 Å². The number of hydrogen-bond acceptors (Lipinski definition) is 4. The molecule has 0 heterocycles. The maximum absolute atomic E-state index is 10.6. The van der Waals surface area contributed by atoms with Crippen LogP contribution in [-0.2, 0) is 14.1 Å². The van der Waals surface area contributed by atoms with E-state index >= 15 is 0 Å². The smallest absolute Gasteiger partial charge is 0.335 e. The van der Waals surface area contributed by atoms with Gasteiger partial charge in [0.25, 0.3) is 0 Å². The number of aliphatic hydroxyl groups excluding tert-OH is 1. The van der Waals surface area contributed by atoms with Gasteiger partial charge >= 0.3 is 13.6 Å². The van der Waals surface area contributed by atoms with Crippen LogP contribution in [0.1, 0.15) is 6.92 Å². The minimum Gasteiger partial charge on any atom is -0.467 e. The van der Waals surface area contributed by atoms with Gasteiger partial charge in [-0.25, -0.2) is 4.79 Å². The molecule has 0 aliphatic heterocycles. The highest BCUT2D eigenvalue weighted by Crippen LogP contribution is 2.42. The third-order valence-corrected chi connectivity index (χ3v) is 2.77. The second-order valence-corrected chi connectivity index (χ2v) is 4.29. The number of ether oxygens (including phenoxy) is 1. The summed E-state index contributed by atoms with van der Waals surface area (Å²) in [6, 6.07) is 0. The first kappa shape index (κ1) is 11.6. The van der Waals surface area contributed by atoms with Crippen molar-refractivity contribution in [1.29, 1.82) is 0 Å². The van der Waals surface area contributed by atoms with Gasteiger partial charge in [0, 0.05) is 0 Å². The van der Waals surface area contributed by atoms with Gasteiger partial charge in [0.1, 0.15) is 0 Å². The molecule has 0 aliphatic rings. The molecule has 0 aromatic carbocycles. The Balaban J connectivity index is 4.40. The molecule has 0 saturated heterocycles. The van der Waals surface area contributed by atoms with E-state index in [-0.39, 0.29) is 0 Å². The minimum absolute atomic E-state index is 1.03. The van der Waals surface area contributed by atoms with Crippen LogP contribution in [0.3, 0.4) is 0 Å². The SMILES string of the molecule is COC(=O)C(O)C(C)P(=O)(O)O. The number of carbonyl (C=O) groups excluding carboxylic acids is 1. The lowest BCUT2D eigenvalue weighted by molar-refractivity contribution is -0.150. The number of aliphatic hydroxyl groups is 1. The van der Waals surface area contributed by atoms with Gasteiger partial charge in [0.05, 0.1) is 12.8 Å². The highest BCUT2D eigenvalue weighted by molar-refractivity contribution is 7.52. The van der Waals surface area contributed by atoms with Crippen molar-refractivity contribution < 1.29 is 29.0 Å². The van der Waals surface area contributed by atoms with E-state index < -0.39 is 25.3 Å². The Labute approximate surface area is 69.3 Å². The first-order valence-electron chi connectivity index (χ1n) is 3.11. The average Bonchev–Trinajstić information content (AvgIpc) is 1.98. The normalized spacial score (nSPS) is 16.8. The second-order valence-electron chi connectivity index (χ2n) is 2.30. The molecular formula is C5H11O6P. The van der Waals surface area contributed by atoms with Crippen LogP contribution < -0.4 is 0 Å². The van der Waals surface area contributed by atoms with Crippen LogP contribution in [0.5, 0.6) is 0 Å². The second kappa shape index (κ2) is 4.00. The lowest BCUT2D eigenvalue weighted by Crippen LogP contribution is -2.32. The molecule has 0 amide bonds. The van der Waals surface area contributed by atoms with E-state index in [1.807, 2.05) is 0 Å². The van der Waals surface area contributed by atoms with E-state index in [2.05, 4.69) is 4.74 Å². The maximum atomic E-state index is 10.6. The summed E-state index contributed by atoms with van der Waals surface area (Å²) >= 11 is 0. The van der Waals surface area contributed by atoms with Crippen LogP contribution in [0.4, 0.5) is 0 Å². The summed E-state index contributed by atoms with van der Waals surface area (Å²) in [7, 11) is -3.41. The fourth-order valence-electron chi connectivity index (χ4n) is 0.502. The Morgan fingerprint density at radius 2 is 1.92 bits per heavy atom. The number of esters is 1. The molecule has 72 valence electrons. The molecule has 2 atom stereocenters. The van der Waals surface area contributed by atoms with Crippen molar-refractivity contribution in [3.63, 3.8) is 0 Å². The quantitative estimate of drug-likeness (QED) is 0.400. The summed E-state index contributed by atoms with van der Waals surface area (Å²) in [5, 5.41) is 8.96. The third kappa shape index (κ3) is 2.91. The van der Waals surface area contributed by atoms with E-state index in [4.69, 9.17) is 14.9 Å². The molecule has 6 nitrogen and oxygen atoms in total. The molecular weight excluding hydrogens is 187 g/mol. The molecule has 0 saturated carbocycles. The predicted octanol–water partition coefficient (Wildman–Crippen LogP) is -0.914. The lowest BCUT2D eigenvalue weighted by atomic mass is 10.3. The van der Waals surface area contributed by atoms with Crippen LogP contribution in [0, 0.1) is 0 Å². The van der Waals surface area contributed by atoms with Gasteiger partial charge in [0.15, 0.2) is 6.10 Å². The first-order valence-corrected chi connectivity index (χ1v) is 4.80. The van der Waals surface area contributed by atoms with Crippen molar-refractivity contribution in [3.05, 3.63) is 0 Å². The summed E-state index contributed by atoms with van der Waals surface area (Å²) in [6.45, 7) is 1.07. The third-order valence-electron chi connectivity index (χ3n) is 1.43. The van der Waals surface area contributed by atoms with Gasteiger partial charge < -0.3 is 19.6 Å². The summed E-state index contributed by atoms with van der Waals surface area (Å²) in [6.07, 6.45) is -1.78. The van der Waals surface area contributed by atoms with E-state index in [9.17, 15) is 9.36 Å². The minimum atomic E-state index is -4.43. The molecule has 0 radical (unpaired) electrons. The zero-order valence-corrected chi connectivity index (χ0v) is 7.56. The summed E-state index contributed by atoms with van der Waals surface area (Å²) < 4.78 is 14.6. The first-order chi connectivity index (χ1) is 5.30. The molecule has 0 rings (SSSR count). The van der Waals surface area contributed by atoms with Gasteiger partial charge in [-0.15, -0.1) is 0 Å². The molecule has 0 spiro atoms. The fraction of sp³-hybridized carbons (Fsp3) is 0.800. The Hall–Kier alpha value is -0.420. The summed E-state index contributed by atoms with van der Waals surface area (Å²) in [4.78, 5) is 27.7. The van der Waals surface area contributed by atoms with Gasteiger partial charge in [-0.1, -0.05) is 0 Å². The highest BCUT2D eigenvalue weighted by atomic mass is 31.2.